The minimum absolute atomic E-state index is 0.354. The van der Waals surface area contributed by atoms with Crippen LogP contribution in [0.3, 0.4) is 0 Å². The topological polar surface area (TPSA) is 53.1 Å². The van der Waals surface area contributed by atoms with Gasteiger partial charge >= 0.3 is 0 Å². The molecule has 0 saturated heterocycles. The second kappa shape index (κ2) is 7.19. The van der Waals surface area contributed by atoms with Crippen molar-refractivity contribution in [1.82, 2.24) is 14.5 Å². The van der Waals surface area contributed by atoms with Crippen molar-refractivity contribution in [3.63, 3.8) is 0 Å². The Morgan fingerprint density at radius 1 is 1.30 bits per heavy atom. The van der Waals surface area contributed by atoms with E-state index in [2.05, 4.69) is 29.5 Å². The van der Waals surface area contributed by atoms with E-state index in [1.807, 2.05) is 24.4 Å². The fourth-order valence-corrected chi connectivity index (χ4v) is 3.24. The Morgan fingerprint density at radius 3 is 2.87 bits per heavy atom. The molecule has 0 aliphatic carbocycles. The molecule has 0 N–H and O–H groups in total. The first-order valence-corrected chi connectivity index (χ1v) is 8.69. The van der Waals surface area contributed by atoms with Crippen molar-refractivity contribution in [3.8, 4) is 0 Å². The molecule has 0 radical (unpaired) electrons. The number of para-hydroxylation sites is 2. The van der Waals surface area contributed by atoms with Crippen molar-refractivity contribution < 1.29 is 9.15 Å². The molecule has 0 aliphatic rings. The van der Waals surface area contributed by atoms with Gasteiger partial charge in [0, 0.05) is 19.6 Å². The van der Waals surface area contributed by atoms with Crippen LogP contribution in [0.4, 0.5) is 0 Å². The number of oxazole rings is 1. The van der Waals surface area contributed by atoms with Gasteiger partial charge < -0.3 is 13.7 Å². The first kappa shape index (κ1) is 16.1. The van der Waals surface area contributed by atoms with Crippen LogP contribution in [0.25, 0.3) is 11.0 Å². The van der Waals surface area contributed by atoms with Gasteiger partial charge in [0.1, 0.15) is 5.76 Å². The zero-order chi connectivity index (χ0) is 16.2. The van der Waals surface area contributed by atoms with E-state index in [1.165, 1.54) is 0 Å². The quantitative estimate of drug-likeness (QED) is 0.610. The molecule has 0 saturated carbocycles. The minimum atomic E-state index is 0.354. The Balaban J connectivity index is 1.80. The Kier molecular flexibility index (Phi) is 5.03. The van der Waals surface area contributed by atoms with E-state index < -0.39 is 0 Å². The molecule has 6 heteroatoms. The average Bonchev–Trinajstić information content (AvgIpc) is 3.15. The summed E-state index contributed by atoms with van der Waals surface area (Å²) in [5.74, 6) is 2.69. The Morgan fingerprint density at radius 2 is 2.13 bits per heavy atom. The summed E-state index contributed by atoms with van der Waals surface area (Å²) < 4.78 is 13.2. The lowest BCUT2D eigenvalue weighted by Crippen LogP contribution is -2.05. The molecular weight excluding hydrogens is 310 g/mol. The number of hydrogen-bond donors (Lipinski definition) is 0. The van der Waals surface area contributed by atoms with Gasteiger partial charge in [0.15, 0.2) is 5.16 Å². The lowest BCUT2D eigenvalue weighted by molar-refractivity contribution is 0.186. The fourth-order valence-electron chi connectivity index (χ4n) is 2.35. The number of aromatic nitrogens is 3. The van der Waals surface area contributed by atoms with E-state index >= 15 is 0 Å². The van der Waals surface area contributed by atoms with Gasteiger partial charge in [0.05, 0.1) is 29.6 Å². The maximum Gasteiger partial charge on any atom is 0.204 e. The number of fused-ring (bicyclic) bond motifs is 1. The van der Waals surface area contributed by atoms with E-state index in [-0.39, 0.29) is 0 Å². The molecule has 5 nitrogen and oxygen atoms in total. The summed E-state index contributed by atoms with van der Waals surface area (Å²) in [4.78, 5) is 9.07. The van der Waals surface area contributed by atoms with Crippen LogP contribution in [-0.2, 0) is 17.0 Å². The van der Waals surface area contributed by atoms with Crippen molar-refractivity contribution in [3.05, 3.63) is 42.1 Å². The predicted octanol–water partition coefficient (Wildman–Crippen LogP) is 4.09. The molecule has 0 unspecified atom stereocenters. The van der Waals surface area contributed by atoms with Crippen LogP contribution < -0.4 is 0 Å². The minimum Gasteiger partial charge on any atom is -0.445 e. The monoisotopic (exact) mass is 331 g/mol. The van der Waals surface area contributed by atoms with Crippen LogP contribution in [0, 0.1) is 0 Å². The van der Waals surface area contributed by atoms with Gasteiger partial charge in [-0.25, -0.2) is 9.97 Å². The Hall–Kier alpha value is -1.79. The maximum absolute atomic E-state index is 5.77. The maximum atomic E-state index is 5.77. The third kappa shape index (κ3) is 3.59. The third-order valence-corrected chi connectivity index (χ3v) is 4.56. The van der Waals surface area contributed by atoms with Crippen molar-refractivity contribution in [2.75, 3.05) is 13.7 Å². The molecule has 0 aliphatic heterocycles. The molecule has 0 amide bonds. The van der Waals surface area contributed by atoms with Crippen LogP contribution in [0.2, 0.25) is 0 Å². The lowest BCUT2D eigenvalue weighted by atomic mass is 10.2. The van der Waals surface area contributed by atoms with E-state index in [9.17, 15) is 0 Å². The summed E-state index contributed by atoms with van der Waals surface area (Å²) in [6.45, 7) is 5.63. The highest BCUT2D eigenvalue weighted by atomic mass is 32.2. The van der Waals surface area contributed by atoms with Crippen LogP contribution in [0.5, 0.6) is 0 Å². The van der Waals surface area contributed by atoms with Crippen LogP contribution in [0.15, 0.2) is 40.0 Å². The normalized spacial score (nSPS) is 11.7. The molecule has 23 heavy (non-hydrogen) atoms. The second-order valence-corrected chi connectivity index (χ2v) is 6.57. The summed E-state index contributed by atoms with van der Waals surface area (Å²) in [5.41, 5.74) is 2.13. The standard InChI is InChI=1S/C17H21N3O2S/c1-12(2)15-10-18-16(22-15)11-23-17-19-13-6-4-5-7-14(13)20(17)8-9-21-3/h4-7,10,12H,8-9,11H2,1-3H3. The van der Waals surface area contributed by atoms with Gasteiger partial charge in [-0.3, -0.25) is 0 Å². The summed E-state index contributed by atoms with van der Waals surface area (Å²) in [6.07, 6.45) is 1.81. The highest BCUT2D eigenvalue weighted by Crippen LogP contribution is 2.27. The van der Waals surface area contributed by atoms with Crippen molar-refractivity contribution in [1.29, 1.82) is 0 Å². The van der Waals surface area contributed by atoms with E-state index in [0.717, 1.165) is 34.4 Å². The molecule has 2 heterocycles. The fraction of sp³-hybridized carbons (Fsp3) is 0.412. The molecule has 3 rings (SSSR count). The van der Waals surface area contributed by atoms with Crippen LogP contribution in [0.1, 0.15) is 31.4 Å². The molecule has 0 spiro atoms. The summed E-state index contributed by atoms with van der Waals surface area (Å²) in [7, 11) is 1.71. The lowest BCUT2D eigenvalue weighted by Gasteiger charge is -2.07. The van der Waals surface area contributed by atoms with E-state index in [1.54, 1.807) is 18.9 Å². The van der Waals surface area contributed by atoms with Crippen molar-refractivity contribution in [2.45, 2.75) is 37.2 Å². The first-order chi connectivity index (χ1) is 11.2. The van der Waals surface area contributed by atoms with Crippen molar-refractivity contribution >= 4 is 22.8 Å². The highest BCUT2D eigenvalue weighted by molar-refractivity contribution is 7.98. The largest absolute Gasteiger partial charge is 0.445 e. The molecule has 3 aromatic rings. The molecule has 2 aromatic heterocycles. The Labute approximate surface area is 140 Å². The number of nitrogens with zero attached hydrogens (tertiary/aromatic N) is 3. The van der Waals surface area contributed by atoms with Gasteiger partial charge in [-0.05, 0) is 12.1 Å². The Bertz CT molecular complexity index is 779. The van der Waals surface area contributed by atoms with Crippen LogP contribution >= 0.6 is 11.8 Å². The SMILES string of the molecule is COCCn1c(SCc2ncc(C(C)C)o2)nc2ccccc21. The van der Waals surface area contributed by atoms with Gasteiger partial charge in [0.25, 0.3) is 0 Å². The molecule has 1 aromatic carbocycles. The number of thioether (sulfide) groups is 1. The highest BCUT2D eigenvalue weighted by Gasteiger charge is 2.13. The van der Waals surface area contributed by atoms with E-state index in [0.29, 0.717) is 18.3 Å². The number of benzene rings is 1. The van der Waals surface area contributed by atoms with Crippen molar-refractivity contribution in [2.24, 2.45) is 0 Å². The molecule has 0 atom stereocenters. The summed E-state index contributed by atoms with van der Waals surface area (Å²) in [5, 5.41) is 0.965. The zero-order valence-electron chi connectivity index (χ0n) is 13.7. The molecule has 0 fully saturated rings. The number of imidazole rings is 1. The summed E-state index contributed by atoms with van der Waals surface area (Å²) >= 11 is 1.64. The predicted molar refractivity (Wildman–Crippen MR) is 91.8 cm³/mol. The second-order valence-electron chi connectivity index (χ2n) is 5.63. The van der Waals surface area contributed by atoms with E-state index in [4.69, 9.17) is 14.1 Å². The molecule has 122 valence electrons. The third-order valence-electron chi connectivity index (χ3n) is 3.60. The van der Waals surface area contributed by atoms with Gasteiger partial charge in [-0.1, -0.05) is 37.7 Å². The summed E-state index contributed by atoms with van der Waals surface area (Å²) in [6, 6.07) is 8.16. The number of rotatable bonds is 7. The van der Waals surface area contributed by atoms with Gasteiger partial charge in [-0.2, -0.15) is 0 Å². The smallest absolute Gasteiger partial charge is 0.204 e. The number of ether oxygens (including phenoxy) is 1. The number of methoxy groups -OCH3 is 1. The number of hydrogen-bond acceptors (Lipinski definition) is 5. The van der Waals surface area contributed by atoms with Gasteiger partial charge in [-0.15, -0.1) is 0 Å². The van der Waals surface area contributed by atoms with Gasteiger partial charge in [0.2, 0.25) is 5.89 Å². The first-order valence-electron chi connectivity index (χ1n) is 7.70. The van der Waals surface area contributed by atoms with Crippen LogP contribution in [-0.4, -0.2) is 28.3 Å². The average molecular weight is 331 g/mol. The molecular formula is C17H21N3O2S. The molecule has 0 bridgehead atoms. The zero-order valence-corrected chi connectivity index (χ0v) is 14.5.